The molecule has 0 saturated carbocycles. The molecule has 4 heteroatoms. The van der Waals surface area contributed by atoms with Gasteiger partial charge in [-0.3, -0.25) is 4.79 Å². The molecule has 0 radical (unpaired) electrons. The van der Waals surface area contributed by atoms with Crippen molar-refractivity contribution < 1.29 is 18.3 Å². The van der Waals surface area contributed by atoms with Crippen molar-refractivity contribution in [3.8, 4) is 5.75 Å². The first-order valence-electron chi connectivity index (χ1n) is 4.00. The molecule has 0 amide bonds. The number of hydrogen-bond donors (Lipinski definition) is 0. The minimum Gasteiger partial charge on any atom is -0.496 e. The number of methoxy groups -OCH3 is 1. The lowest BCUT2D eigenvalue weighted by atomic mass is 10.1. The Morgan fingerprint density at radius 3 is 2.50 bits per heavy atom. The van der Waals surface area contributed by atoms with Gasteiger partial charge in [0.05, 0.1) is 12.7 Å². The summed E-state index contributed by atoms with van der Waals surface area (Å²) in [6.45, 7) is 0.781. The van der Waals surface area contributed by atoms with E-state index in [-0.39, 0.29) is 11.1 Å². The molecule has 0 aliphatic rings. The number of ether oxygens (including phenoxy) is 1. The van der Waals surface area contributed by atoms with Gasteiger partial charge in [0.1, 0.15) is 5.75 Å². The molecular weight excluding hydrogens is 190 g/mol. The molecule has 0 aliphatic carbocycles. The van der Waals surface area contributed by atoms with E-state index in [2.05, 4.69) is 0 Å². The van der Waals surface area contributed by atoms with E-state index < -0.39 is 5.92 Å². The van der Waals surface area contributed by atoms with Crippen molar-refractivity contribution in [1.82, 2.24) is 0 Å². The second kappa shape index (κ2) is 3.74. The van der Waals surface area contributed by atoms with E-state index in [1.54, 1.807) is 0 Å². The van der Waals surface area contributed by atoms with Crippen molar-refractivity contribution >= 4 is 6.29 Å². The van der Waals surface area contributed by atoms with Crippen LogP contribution in [0.15, 0.2) is 18.2 Å². The first-order chi connectivity index (χ1) is 6.49. The summed E-state index contributed by atoms with van der Waals surface area (Å²) in [5.41, 5.74) is -0.0630. The Labute approximate surface area is 80.5 Å². The van der Waals surface area contributed by atoms with E-state index in [1.165, 1.54) is 19.2 Å². The van der Waals surface area contributed by atoms with E-state index in [4.69, 9.17) is 4.74 Å². The summed E-state index contributed by atoms with van der Waals surface area (Å²) in [5.74, 6) is -2.64. The lowest BCUT2D eigenvalue weighted by Crippen LogP contribution is -2.07. The van der Waals surface area contributed by atoms with Crippen LogP contribution in [-0.2, 0) is 5.92 Å². The standard InChI is InChI=1S/C10H10F2O2/c1-10(11,12)8-3-4-9(14-2)7(5-8)6-13/h3-6H,1-2H3. The van der Waals surface area contributed by atoms with Crippen LogP contribution in [0.4, 0.5) is 8.78 Å². The Balaban J connectivity index is 3.21. The molecular formula is C10H10F2O2. The smallest absolute Gasteiger partial charge is 0.270 e. The SMILES string of the molecule is COc1ccc(C(C)(F)F)cc1C=O. The number of hydrogen-bond acceptors (Lipinski definition) is 2. The first kappa shape index (κ1) is 10.6. The van der Waals surface area contributed by atoms with E-state index >= 15 is 0 Å². The molecule has 0 unspecified atom stereocenters. The maximum absolute atomic E-state index is 12.8. The average Bonchev–Trinajstić information content (AvgIpc) is 2.15. The van der Waals surface area contributed by atoms with E-state index in [0.717, 1.165) is 13.0 Å². The third kappa shape index (κ3) is 2.07. The fraction of sp³-hybridized carbons (Fsp3) is 0.300. The van der Waals surface area contributed by atoms with Gasteiger partial charge >= 0.3 is 0 Å². The lowest BCUT2D eigenvalue weighted by Gasteiger charge is -2.12. The topological polar surface area (TPSA) is 26.3 Å². The maximum Gasteiger partial charge on any atom is 0.270 e. The van der Waals surface area contributed by atoms with Gasteiger partial charge in [-0.1, -0.05) is 0 Å². The zero-order chi connectivity index (χ0) is 10.8. The molecule has 76 valence electrons. The highest BCUT2D eigenvalue weighted by atomic mass is 19.3. The van der Waals surface area contributed by atoms with Crippen molar-refractivity contribution in [3.63, 3.8) is 0 Å². The predicted molar refractivity (Wildman–Crippen MR) is 47.9 cm³/mol. The Bertz CT molecular complexity index is 342. The summed E-state index contributed by atoms with van der Waals surface area (Å²) in [6.07, 6.45) is 0.494. The number of carbonyl (C=O) groups is 1. The number of carbonyl (C=O) groups excluding carboxylic acids is 1. The summed E-state index contributed by atoms with van der Waals surface area (Å²) in [4.78, 5) is 10.5. The molecule has 0 saturated heterocycles. The minimum absolute atomic E-state index is 0.131. The minimum atomic E-state index is -2.94. The van der Waals surface area contributed by atoms with Gasteiger partial charge in [-0.25, -0.2) is 8.78 Å². The molecule has 1 aromatic carbocycles. The van der Waals surface area contributed by atoms with Crippen molar-refractivity contribution in [2.24, 2.45) is 0 Å². The highest BCUT2D eigenvalue weighted by molar-refractivity contribution is 5.79. The van der Waals surface area contributed by atoms with Crippen molar-refractivity contribution in [1.29, 1.82) is 0 Å². The highest BCUT2D eigenvalue weighted by Gasteiger charge is 2.25. The molecule has 0 spiro atoms. The monoisotopic (exact) mass is 200 g/mol. The van der Waals surface area contributed by atoms with Crippen LogP contribution in [-0.4, -0.2) is 13.4 Å². The van der Waals surface area contributed by atoms with Crippen LogP contribution in [0.1, 0.15) is 22.8 Å². The molecule has 1 aromatic rings. The fourth-order valence-corrected chi connectivity index (χ4v) is 1.10. The molecule has 0 fully saturated rings. The van der Waals surface area contributed by atoms with Gasteiger partial charge < -0.3 is 4.74 Å². The van der Waals surface area contributed by atoms with Gasteiger partial charge in [-0.2, -0.15) is 0 Å². The summed E-state index contributed by atoms with van der Waals surface area (Å²) in [5, 5.41) is 0. The fourth-order valence-electron chi connectivity index (χ4n) is 1.10. The normalized spacial score (nSPS) is 11.1. The van der Waals surface area contributed by atoms with Gasteiger partial charge in [-0.15, -0.1) is 0 Å². The highest BCUT2D eigenvalue weighted by Crippen LogP contribution is 2.30. The first-order valence-corrected chi connectivity index (χ1v) is 4.00. The zero-order valence-electron chi connectivity index (χ0n) is 7.88. The number of alkyl halides is 2. The van der Waals surface area contributed by atoms with Crippen LogP contribution in [0.25, 0.3) is 0 Å². The van der Waals surface area contributed by atoms with Crippen molar-refractivity contribution in [2.45, 2.75) is 12.8 Å². The van der Waals surface area contributed by atoms with Gasteiger partial charge in [0.2, 0.25) is 0 Å². The quantitative estimate of drug-likeness (QED) is 0.701. The molecule has 14 heavy (non-hydrogen) atoms. The zero-order valence-corrected chi connectivity index (χ0v) is 7.88. The largest absolute Gasteiger partial charge is 0.496 e. The maximum atomic E-state index is 12.8. The van der Waals surface area contributed by atoms with E-state index in [1.807, 2.05) is 0 Å². The Hall–Kier alpha value is -1.45. The average molecular weight is 200 g/mol. The third-order valence-corrected chi connectivity index (χ3v) is 1.86. The summed E-state index contributed by atoms with van der Waals surface area (Å²) in [6, 6.07) is 3.73. The molecule has 1 rings (SSSR count). The third-order valence-electron chi connectivity index (χ3n) is 1.86. The molecule has 0 N–H and O–H groups in total. The summed E-state index contributed by atoms with van der Waals surface area (Å²) >= 11 is 0. The van der Waals surface area contributed by atoms with Gasteiger partial charge in [-0.05, 0) is 18.2 Å². The summed E-state index contributed by atoms with van der Waals surface area (Å²) in [7, 11) is 1.38. The van der Waals surface area contributed by atoms with Gasteiger partial charge in [0.15, 0.2) is 6.29 Å². The Morgan fingerprint density at radius 1 is 1.43 bits per heavy atom. The molecule has 0 aliphatic heterocycles. The molecule has 0 atom stereocenters. The van der Waals surface area contributed by atoms with Crippen molar-refractivity contribution in [3.05, 3.63) is 29.3 Å². The van der Waals surface area contributed by atoms with Crippen LogP contribution >= 0.6 is 0 Å². The van der Waals surface area contributed by atoms with Crippen LogP contribution in [0, 0.1) is 0 Å². The van der Waals surface area contributed by atoms with E-state index in [0.29, 0.717) is 12.0 Å². The Kier molecular flexibility index (Phi) is 2.84. The van der Waals surface area contributed by atoms with Crippen LogP contribution in [0.2, 0.25) is 0 Å². The molecule has 2 nitrogen and oxygen atoms in total. The summed E-state index contributed by atoms with van der Waals surface area (Å²) < 4.78 is 30.5. The number of halogens is 2. The molecule has 0 aromatic heterocycles. The van der Waals surface area contributed by atoms with Crippen LogP contribution < -0.4 is 4.74 Å². The van der Waals surface area contributed by atoms with E-state index in [9.17, 15) is 13.6 Å². The van der Waals surface area contributed by atoms with Crippen LogP contribution in [0.5, 0.6) is 5.75 Å². The van der Waals surface area contributed by atoms with Gasteiger partial charge in [0, 0.05) is 12.5 Å². The molecule has 0 bridgehead atoms. The number of aldehydes is 1. The van der Waals surface area contributed by atoms with Crippen LogP contribution in [0.3, 0.4) is 0 Å². The van der Waals surface area contributed by atoms with Gasteiger partial charge in [0.25, 0.3) is 5.92 Å². The lowest BCUT2D eigenvalue weighted by molar-refractivity contribution is 0.0174. The van der Waals surface area contributed by atoms with Crippen molar-refractivity contribution in [2.75, 3.05) is 7.11 Å². The second-order valence-corrected chi connectivity index (χ2v) is 2.96. The second-order valence-electron chi connectivity index (χ2n) is 2.96. The Morgan fingerprint density at radius 2 is 2.07 bits per heavy atom. The number of rotatable bonds is 3. The predicted octanol–water partition coefficient (Wildman–Crippen LogP) is 2.62. The molecule has 0 heterocycles. The number of benzene rings is 1.